The summed E-state index contributed by atoms with van der Waals surface area (Å²) in [6.45, 7) is 4.83. The Hall–Kier alpha value is -2.37. The van der Waals surface area contributed by atoms with Crippen molar-refractivity contribution in [2.45, 2.75) is 52.5 Å². The molecule has 6 nitrogen and oxygen atoms in total. The summed E-state index contributed by atoms with van der Waals surface area (Å²) < 4.78 is 7.12. The predicted octanol–water partition coefficient (Wildman–Crippen LogP) is 5.20. The number of amides is 1. The lowest BCUT2D eigenvalue weighted by Crippen LogP contribution is -2.15. The van der Waals surface area contributed by atoms with Gasteiger partial charge in [-0.05, 0) is 37.0 Å². The summed E-state index contributed by atoms with van der Waals surface area (Å²) in [6.07, 6.45) is 5.09. The molecule has 1 saturated carbocycles. The molecule has 1 aromatic carbocycles. The minimum absolute atomic E-state index is 0.0341. The third-order valence-corrected chi connectivity index (χ3v) is 4.97. The van der Waals surface area contributed by atoms with Crippen LogP contribution < -0.4 is 4.74 Å². The number of aromatic nitrogens is 1. The highest BCUT2D eigenvalue weighted by atomic mass is 16.5. The van der Waals surface area contributed by atoms with Crippen molar-refractivity contribution >= 4 is 22.5 Å². The van der Waals surface area contributed by atoms with Gasteiger partial charge in [-0.15, -0.1) is 10.2 Å². The van der Waals surface area contributed by atoms with Crippen molar-refractivity contribution in [1.82, 2.24) is 4.57 Å². The van der Waals surface area contributed by atoms with Gasteiger partial charge >= 0.3 is 0 Å². The first-order valence-corrected chi connectivity index (χ1v) is 9.36. The molecule has 1 heterocycles. The fourth-order valence-electron chi connectivity index (χ4n) is 3.61. The molecule has 0 spiro atoms. The number of fused-ring (bicyclic) bond motifs is 1. The van der Waals surface area contributed by atoms with Crippen LogP contribution in [-0.2, 0) is 11.3 Å². The molecule has 3 rings (SSSR count). The van der Waals surface area contributed by atoms with Crippen molar-refractivity contribution in [1.29, 1.82) is 0 Å². The lowest BCUT2D eigenvalue weighted by atomic mass is 9.89. The predicted molar refractivity (Wildman–Crippen MR) is 101 cm³/mol. The Morgan fingerprint density at radius 2 is 2.04 bits per heavy atom. The summed E-state index contributed by atoms with van der Waals surface area (Å²) in [5, 5.41) is 19.6. The van der Waals surface area contributed by atoms with Crippen LogP contribution in [-0.4, -0.2) is 22.7 Å². The van der Waals surface area contributed by atoms with Gasteiger partial charge in [-0.1, -0.05) is 33.1 Å². The molecule has 140 valence electrons. The Balaban J connectivity index is 1.98. The number of rotatable bonds is 5. The first kappa shape index (κ1) is 18.4. The highest BCUT2D eigenvalue weighted by Gasteiger charge is 2.22. The molecule has 6 heteroatoms. The normalized spacial score (nSPS) is 16.0. The average Bonchev–Trinajstić information content (AvgIpc) is 2.90. The maximum absolute atomic E-state index is 12.4. The fourth-order valence-corrected chi connectivity index (χ4v) is 3.61. The summed E-state index contributed by atoms with van der Waals surface area (Å²) in [7, 11) is 1.60. The van der Waals surface area contributed by atoms with Gasteiger partial charge in [0.15, 0.2) is 5.69 Å². The van der Waals surface area contributed by atoms with Crippen molar-refractivity contribution in [2.24, 2.45) is 22.1 Å². The Morgan fingerprint density at radius 1 is 1.31 bits per heavy atom. The van der Waals surface area contributed by atoms with Crippen molar-refractivity contribution in [3.8, 4) is 11.6 Å². The van der Waals surface area contributed by atoms with Gasteiger partial charge in [-0.2, -0.15) is 0 Å². The summed E-state index contributed by atoms with van der Waals surface area (Å²) in [5.41, 5.74) is 1.19. The van der Waals surface area contributed by atoms with Crippen molar-refractivity contribution in [2.75, 3.05) is 7.11 Å². The minimum Gasteiger partial charge on any atom is -0.497 e. The second-order valence-electron chi connectivity index (χ2n) is 7.43. The average molecular weight is 357 g/mol. The number of aromatic hydroxyl groups is 1. The van der Waals surface area contributed by atoms with E-state index in [9.17, 15) is 9.90 Å². The van der Waals surface area contributed by atoms with Crippen molar-refractivity contribution < 1.29 is 14.6 Å². The zero-order chi connectivity index (χ0) is 18.7. The molecular weight excluding hydrogens is 330 g/mol. The fraction of sp³-hybridized carbons (Fsp3) is 0.550. The Labute approximate surface area is 153 Å². The smallest absolute Gasteiger partial charge is 0.267 e. The van der Waals surface area contributed by atoms with Crippen LogP contribution in [0.3, 0.4) is 0 Å². The molecule has 1 aliphatic rings. The number of methoxy groups -OCH3 is 1. The molecule has 1 fully saturated rings. The molecule has 1 aliphatic carbocycles. The highest BCUT2D eigenvalue weighted by Crippen LogP contribution is 2.41. The number of hydrogen-bond acceptors (Lipinski definition) is 4. The van der Waals surface area contributed by atoms with Crippen molar-refractivity contribution in [3.05, 3.63) is 18.2 Å². The molecule has 0 unspecified atom stereocenters. The van der Waals surface area contributed by atoms with Gasteiger partial charge in [0.1, 0.15) is 5.75 Å². The van der Waals surface area contributed by atoms with E-state index in [-0.39, 0.29) is 17.7 Å². The van der Waals surface area contributed by atoms with Crippen LogP contribution in [0, 0.1) is 11.8 Å². The van der Waals surface area contributed by atoms with E-state index >= 15 is 0 Å². The maximum Gasteiger partial charge on any atom is 0.267 e. The zero-order valence-corrected chi connectivity index (χ0v) is 15.7. The largest absolute Gasteiger partial charge is 0.497 e. The maximum atomic E-state index is 12.4. The number of ether oxygens (including phenoxy) is 1. The van der Waals surface area contributed by atoms with Gasteiger partial charge in [-0.25, -0.2) is 0 Å². The van der Waals surface area contributed by atoms with E-state index in [0.717, 1.165) is 36.6 Å². The van der Waals surface area contributed by atoms with Crippen LogP contribution in [0.1, 0.15) is 46.0 Å². The molecule has 2 aromatic rings. The molecule has 0 radical (unpaired) electrons. The SMILES string of the molecule is COc1ccc2c(c1)c(N=NC(=O)C1CCCCC1)c(O)n2CC(C)C. The van der Waals surface area contributed by atoms with E-state index in [1.165, 1.54) is 6.42 Å². The van der Waals surface area contributed by atoms with Crippen LogP contribution in [0.2, 0.25) is 0 Å². The molecule has 1 N–H and O–H groups in total. The Kier molecular flexibility index (Phi) is 5.59. The standard InChI is InChI=1S/C20H27N3O3/c1-13(2)12-23-17-10-9-15(26-3)11-16(17)18(20(23)25)21-22-19(24)14-7-5-4-6-8-14/h9-11,13-14,25H,4-8,12H2,1-3H3. The van der Waals surface area contributed by atoms with Gasteiger partial charge in [0.25, 0.3) is 5.91 Å². The Morgan fingerprint density at radius 3 is 2.69 bits per heavy atom. The molecule has 1 aromatic heterocycles. The monoisotopic (exact) mass is 357 g/mol. The second kappa shape index (κ2) is 7.89. The van der Waals surface area contributed by atoms with E-state index in [2.05, 4.69) is 24.1 Å². The summed E-state index contributed by atoms with van der Waals surface area (Å²) in [5.74, 6) is 0.855. The number of benzene rings is 1. The lowest BCUT2D eigenvalue weighted by molar-refractivity contribution is -0.122. The van der Waals surface area contributed by atoms with Crippen molar-refractivity contribution in [3.63, 3.8) is 0 Å². The Bertz CT molecular complexity index is 817. The van der Waals surface area contributed by atoms with Crippen LogP contribution in [0.4, 0.5) is 5.69 Å². The van der Waals surface area contributed by atoms with E-state index in [0.29, 0.717) is 23.9 Å². The van der Waals surface area contributed by atoms with Gasteiger partial charge < -0.3 is 14.4 Å². The molecule has 26 heavy (non-hydrogen) atoms. The number of nitrogens with zero attached hydrogens (tertiary/aromatic N) is 3. The molecule has 0 bridgehead atoms. The van der Waals surface area contributed by atoms with E-state index in [1.54, 1.807) is 7.11 Å². The minimum atomic E-state index is -0.184. The quantitative estimate of drug-likeness (QED) is 0.747. The third kappa shape index (κ3) is 3.74. The molecular formula is C20H27N3O3. The van der Waals surface area contributed by atoms with Crippen LogP contribution in [0.15, 0.2) is 28.4 Å². The topological polar surface area (TPSA) is 76.2 Å². The second-order valence-corrected chi connectivity index (χ2v) is 7.43. The molecule has 0 saturated heterocycles. The number of hydrogen-bond donors (Lipinski definition) is 1. The number of carbonyl (C=O) groups excluding carboxylic acids is 1. The van der Waals surface area contributed by atoms with Crippen LogP contribution >= 0.6 is 0 Å². The van der Waals surface area contributed by atoms with Gasteiger partial charge in [-0.3, -0.25) is 4.79 Å². The lowest BCUT2D eigenvalue weighted by Gasteiger charge is -2.17. The van der Waals surface area contributed by atoms with E-state index < -0.39 is 0 Å². The highest BCUT2D eigenvalue weighted by molar-refractivity contribution is 5.96. The molecule has 0 aliphatic heterocycles. The molecule has 1 amide bonds. The first-order chi connectivity index (χ1) is 12.5. The molecule has 0 atom stereocenters. The van der Waals surface area contributed by atoms with Gasteiger partial charge in [0, 0.05) is 17.8 Å². The van der Waals surface area contributed by atoms with Gasteiger partial charge in [0.05, 0.1) is 12.6 Å². The first-order valence-electron chi connectivity index (χ1n) is 9.36. The van der Waals surface area contributed by atoms with Crippen LogP contribution in [0.5, 0.6) is 11.6 Å². The van der Waals surface area contributed by atoms with E-state index in [4.69, 9.17) is 4.74 Å². The zero-order valence-electron chi connectivity index (χ0n) is 15.7. The number of azo groups is 1. The number of carbonyl (C=O) groups is 1. The van der Waals surface area contributed by atoms with Gasteiger partial charge in [0.2, 0.25) is 5.88 Å². The van der Waals surface area contributed by atoms with Crippen LogP contribution in [0.25, 0.3) is 10.9 Å². The summed E-state index contributed by atoms with van der Waals surface area (Å²) in [6, 6.07) is 5.58. The van der Waals surface area contributed by atoms with E-state index in [1.807, 2.05) is 22.8 Å². The summed E-state index contributed by atoms with van der Waals surface area (Å²) >= 11 is 0. The third-order valence-electron chi connectivity index (χ3n) is 4.97. The summed E-state index contributed by atoms with van der Waals surface area (Å²) in [4.78, 5) is 12.4.